The Hall–Kier alpha value is -2.12. The number of carbonyl (C=O) groups excluding carboxylic acids is 4. The van der Waals surface area contributed by atoms with Crippen molar-refractivity contribution in [2.75, 3.05) is 26.2 Å². The molecule has 8 heteroatoms. The van der Waals surface area contributed by atoms with Crippen LogP contribution in [0.15, 0.2) is 0 Å². The first-order valence-corrected chi connectivity index (χ1v) is 11.4. The second-order valence-electron chi connectivity index (χ2n) is 9.09. The molecule has 2 fully saturated rings. The van der Waals surface area contributed by atoms with Gasteiger partial charge in [-0.05, 0) is 62.2 Å². The van der Waals surface area contributed by atoms with Gasteiger partial charge in [0.15, 0.2) is 0 Å². The molecule has 0 radical (unpaired) electrons. The first kappa shape index (κ1) is 24.2. The molecular formula is C22H38N4O4. The van der Waals surface area contributed by atoms with E-state index in [4.69, 9.17) is 0 Å². The first-order valence-electron chi connectivity index (χ1n) is 11.4. The number of rotatable bonds is 8. The molecule has 8 nitrogen and oxygen atoms in total. The zero-order valence-electron chi connectivity index (χ0n) is 18.4. The van der Waals surface area contributed by atoms with Crippen LogP contribution in [-0.4, -0.2) is 49.8 Å². The van der Waals surface area contributed by atoms with E-state index >= 15 is 0 Å². The molecule has 0 aromatic carbocycles. The molecule has 0 aromatic rings. The second-order valence-corrected chi connectivity index (χ2v) is 9.09. The Morgan fingerprint density at radius 3 is 1.17 bits per heavy atom. The molecule has 0 spiro atoms. The van der Waals surface area contributed by atoms with E-state index in [-0.39, 0.29) is 11.8 Å². The van der Waals surface area contributed by atoms with Crippen molar-refractivity contribution in [1.82, 2.24) is 21.3 Å². The van der Waals surface area contributed by atoms with E-state index in [1.54, 1.807) is 0 Å². The highest BCUT2D eigenvalue weighted by atomic mass is 16.2. The van der Waals surface area contributed by atoms with E-state index in [2.05, 4.69) is 21.3 Å². The van der Waals surface area contributed by atoms with Crippen molar-refractivity contribution in [3.05, 3.63) is 0 Å². The molecule has 0 aliphatic heterocycles. The zero-order valence-corrected chi connectivity index (χ0v) is 18.4. The lowest BCUT2D eigenvalue weighted by molar-refractivity contribution is -0.139. The fraction of sp³-hybridized carbons (Fsp3) is 0.818. The average molecular weight is 423 g/mol. The minimum Gasteiger partial charge on any atom is -0.356 e. The lowest BCUT2D eigenvalue weighted by Crippen LogP contribution is -2.44. The van der Waals surface area contributed by atoms with E-state index in [0.717, 1.165) is 51.4 Å². The monoisotopic (exact) mass is 422 g/mol. The number of nitrogens with one attached hydrogen (secondary N) is 4. The summed E-state index contributed by atoms with van der Waals surface area (Å²) in [6.07, 6.45) is 8.34. The predicted molar refractivity (Wildman–Crippen MR) is 114 cm³/mol. The van der Waals surface area contributed by atoms with Crippen molar-refractivity contribution in [3.8, 4) is 0 Å². The average Bonchev–Trinajstić information content (AvgIpc) is 2.73. The van der Waals surface area contributed by atoms with Crippen LogP contribution in [0.25, 0.3) is 0 Å². The summed E-state index contributed by atoms with van der Waals surface area (Å²) in [4.78, 5) is 46.5. The van der Waals surface area contributed by atoms with Crippen molar-refractivity contribution in [2.24, 2.45) is 23.7 Å². The number of amides is 4. The molecule has 2 rings (SSSR count). The molecule has 4 N–H and O–H groups in total. The normalized spacial score (nSPS) is 26.3. The van der Waals surface area contributed by atoms with Crippen LogP contribution in [0.2, 0.25) is 0 Å². The van der Waals surface area contributed by atoms with E-state index in [9.17, 15) is 19.2 Å². The van der Waals surface area contributed by atoms with Crippen molar-refractivity contribution in [1.29, 1.82) is 0 Å². The standard InChI is InChI=1S/C22H38N4O4/c1-15(27)23-11-17-5-3-7-19(9-17)13-25-21(29)22(30)26-14-20-8-4-6-18(10-20)12-24-16(2)28/h17-20H,3-14H2,1-2H3,(H,23,27)(H,24,28)(H,25,29)(H,26,30). The van der Waals surface area contributed by atoms with Crippen molar-refractivity contribution in [2.45, 2.75) is 65.2 Å². The molecule has 170 valence electrons. The Labute approximate surface area is 179 Å². The van der Waals surface area contributed by atoms with Gasteiger partial charge in [0.05, 0.1) is 0 Å². The highest BCUT2D eigenvalue weighted by Crippen LogP contribution is 2.29. The zero-order chi connectivity index (χ0) is 21.9. The number of carbonyl (C=O) groups is 4. The Morgan fingerprint density at radius 2 is 0.867 bits per heavy atom. The van der Waals surface area contributed by atoms with Gasteiger partial charge in [0.1, 0.15) is 0 Å². The van der Waals surface area contributed by atoms with Crippen LogP contribution < -0.4 is 21.3 Å². The quantitative estimate of drug-likeness (QED) is 0.438. The van der Waals surface area contributed by atoms with Gasteiger partial charge in [-0.15, -0.1) is 0 Å². The van der Waals surface area contributed by atoms with Crippen LogP contribution in [0.5, 0.6) is 0 Å². The fourth-order valence-corrected chi connectivity index (χ4v) is 4.76. The topological polar surface area (TPSA) is 116 Å². The van der Waals surface area contributed by atoms with Crippen LogP contribution in [0.1, 0.15) is 65.2 Å². The summed E-state index contributed by atoms with van der Waals surface area (Å²) in [7, 11) is 0. The van der Waals surface area contributed by atoms with E-state index < -0.39 is 11.8 Å². The summed E-state index contributed by atoms with van der Waals surface area (Å²) in [6.45, 7) is 5.43. The predicted octanol–water partition coefficient (Wildman–Crippen LogP) is 1.10. The van der Waals surface area contributed by atoms with Crippen LogP contribution in [0, 0.1) is 23.7 Å². The Morgan fingerprint density at radius 1 is 0.567 bits per heavy atom. The molecule has 4 amide bonds. The molecule has 2 aliphatic rings. The highest BCUT2D eigenvalue weighted by Gasteiger charge is 2.25. The third kappa shape index (κ3) is 9.13. The fourth-order valence-electron chi connectivity index (χ4n) is 4.76. The maximum absolute atomic E-state index is 12.2. The maximum Gasteiger partial charge on any atom is 0.309 e. The van der Waals surface area contributed by atoms with Gasteiger partial charge >= 0.3 is 11.8 Å². The van der Waals surface area contributed by atoms with Crippen LogP contribution in [0.3, 0.4) is 0 Å². The van der Waals surface area contributed by atoms with Crippen LogP contribution in [0.4, 0.5) is 0 Å². The Kier molecular flexibility index (Phi) is 10.1. The highest BCUT2D eigenvalue weighted by molar-refractivity contribution is 6.35. The lowest BCUT2D eigenvalue weighted by atomic mass is 9.81. The van der Waals surface area contributed by atoms with Crippen molar-refractivity contribution >= 4 is 23.6 Å². The van der Waals surface area contributed by atoms with Crippen LogP contribution in [-0.2, 0) is 19.2 Å². The van der Waals surface area contributed by atoms with Gasteiger partial charge in [-0.2, -0.15) is 0 Å². The van der Waals surface area contributed by atoms with E-state index in [1.807, 2.05) is 0 Å². The van der Waals surface area contributed by atoms with Gasteiger partial charge < -0.3 is 21.3 Å². The Balaban J connectivity index is 1.64. The van der Waals surface area contributed by atoms with Gasteiger partial charge in [0.25, 0.3) is 0 Å². The second kappa shape index (κ2) is 12.5. The summed E-state index contributed by atoms with van der Waals surface area (Å²) >= 11 is 0. The van der Waals surface area contributed by atoms with Gasteiger partial charge in [0.2, 0.25) is 11.8 Å². The maximum atomic E-state index is 12.2. The molecule has 4 atom stereocenters. The molecule has 0 saturated heterocycles. The summed E-state index contributed by atoms with van der Waals surface area (Å²) < 4.78 is 0. The SMILES string of the molecule is CC(=O)NCC1CCCC(CNC(=O)C(=O)NCC2CCCC(CNC(C)=O)C2)C1. The lowest BCUT2D eigenvalue weighted by Gasteiger charge is -2.30. The van der Waals surface area contributed by atoms with Gasteiger partial charge in [-0.1, -0.05) is 12.8 Å². The van der Waals surface area contributed by atoms with E-state index in [0.29, 0.717) is 49.9 Å². The Bertz CT molecular complexity index is 558. The molecule has 30 heavy (non-hydrogen) atoms. The van der Waals surface area contributed by atoms with Crippen molar-refractivity contribution < 1.29 is 19.2 Å². The van der Waals surface area contributed by atoms with Gasteiger partial charge in [0, 0.05) is 40.0 Å². The number of hydrogen-bond donors (Lipinski definition) is 4. The molecule has 0 heterocycles. The minimum atomic E-state index is -0.565. The molecule has 0 aromatic heterocycles. The molecule has 4 unspecified atom stereocenters. The smallest absolute Gasteiger partial charge is 0.309 e. The molecule has 2 saturated carbocycles. The first-order chi connectivity index (χ1) is 14.3. The van der Waals surface area contributed by atoms with Gasteiger partial charge in [-0.25, -0.2) is 0 Å². The summed E-state index contributed by atoms with van der Waals surface area (Å²) in [5.74, 6) is 0.423. The minimum absolute atomic E-state index is 0.0125. The largest absolute Gasteiger partial charge is 0.356 e. The third-order valence-corrected chi connectivity index (χ3v) is 6.37. The van der Waals surface area contributed by atoms with Crippen LogP contribution >= 0.6 is 0 Å². The molecule has 2 aliphatic carbocycles. The summed E-state index contributed by atoms with van der Waals surface area (Å²) in [5.41, 5.74) is 0. The molecule has 0 bridgehead atoms. The summed E-state index contributed by atoms with van der Waals surface area (Å²) in [6, 6.07) is 0. The summed E-state index contributed by atoms with van der Waals surface area (Å²) in [5, 5.41) is 11.3. The van der Waals surface area contributed by atoms with E-state index in [1.165, 1.54) is 13.8 Å². The van der Waals surface area contributed by atoms with Gasteiger partial charge in [-0.3, -0.25) is 19.2 Å². The van der Waals surface area contributed by atoms with Crippen molar-refractivity contribution in [3.63, 3.8) is 0 Å². The molecular weight excluding hydrogens is 384 g/mol. The number of hydrogen-bond acceptors (Lipinski definition) is 4. The third-order valence-electron chi connectivity index (χ3n) is 6.37.